The van der Waals surface area contributed by atoms with Crippen LogP contribution >= 0.6 is 0 Å². The van der Waals surface area contributed by atoms with Crippen LogP contribution in [0.15, 0.2) is 24.4 Å². The van der Waals surface area contributed by atoms with Gasteiger partial charge in [0, 0.05) is 13.1 Å². The molecule has 0 spiro atoms. The van der Waals surface area contributed by atoms with Gasteiger partial charge in [0.05, 0.1) is 0 Å². The molecule has 6 heteroatoms. The molecule has 1 heterocycles. The van der Waals surface area contributed by atoms with Gasteiger partial charge < -0.3 is 4.90 Å². The monoisotopic (exact) mass is 375 g/mol. The Bertz CT molecular complexity index is 438. The van der Waals surface area contributed by atoms with Crippen LogP contribution in [0.3, 0.4) is 0 Å². The molecule has 0 atom stereocenters. The van der Waals surface area contributed by atoms with Gasteiger partial charge in [-0.1, -0.05) is 89.7 Å². The second-order valence-corrected chi connectivity index (χ2v) is 7.50. The summed E-state index contributed by atoms with van der Waals surface area (Å²) in [6.07, 6.45) is 26.0. The molecule has 0 aromatic carbocycles. The Morgan fingerprint density at radius 1 is 0.800 bits per heavy atom. The Labute approximate surface area is 154 Å². The van der Waals surface area contributed by atoms with E-state index in [4.69, 9.17) is 17.5 Å². The smallest absolute Gasteiger partial charge is 0.374 e. The summed E-state index contributed by atoms with van der Waals surface area (Å²) in [5.74, 6) is 0. The average molecular weight is 376 g/mol. The molecule has 0 amide bonds. The van der Waals surface area contributed by atoms with Crippen molar-refractivity contribution < 1.29 is 17.5 Å². The van der Waals surface area contributed by atoms with E-state index >= 15 is 0 Å². The zero-order chi connectivity index (χ0) is 18.8. The third-order valence-electron chi connectivity index (χ3n) is 4.18. The zero-order valence-electron chi connectivity index (χ0n) is 15.8. The summed E-state index contributed by atoms with van der Waals surface area (Å²) < 4.78 is 31.6. The molecule has 1 aliphatic rings. The highest BCUT2D eigenvalue weighted by Gasteiger charge is 1.99. The molecule has 0 saturated carbocycles. The predicted molar refractivity (Wildman–Crippen MR) is 105 cm³/mol. The van der Waals surface area contributed by atoms with Crippen LogP contribution < -0.4 is 0 Å². The molecule has 0 fully saturated rings. The summed E-state index contributed by atoms with van der Waals surface area (Å²) >= 11 is 0. The Balaban J connectivity index is 0.00000101. The fraction of sp³-hybridized carbons (Fsp3) is 0.789. The first kappa shape index (κ1) is 24.1. The topological polar surface area (TPSA) is 77.8 Å². The molecule has 0 aromatic heterocycles. The summed E-state index contributed by atoms with van der Waals surface area (Å²) in [7, 11) is -4.67. The van der Waals surface area contributed by atoms with Gasteiger partial charge in [-0.05, 0) is 18.7 Å². The molecule has 0 saturated heterocycles. The molecule has 1 aliphatic heterocycles. The van der Waals surface area contributed by atoms with Gasteiger partial charge in [0.2, 0.25) is 0 Å². The second kappa shape index (κ2) is 16.6. The van der Waals surface area contributed by atoms with E-state index in [0.717, 1.165) is 6.54 Å². The molecule has 25 heavy (non-hydrogen) atoms. The van der Waals surface area contributed by atoms with Crippen LogP contribution in [0.1, 0.15) is 84.0 Å². The van der Waals surface area contributed by atoms with Crippen LogP contribution in [0.4, 0.5) is 0 Å². The first-order valence-corrected chi connectivity index (χ1v) is 11.1. The van der Waals surface area contributed by atoms with E-state index in [9.17, 15) is 0 Å². The Kier molecular flexibility index (Phi) is 16.0. The highest BCUT2D eigenvalue weighted by atomic mass is 32.3. The highest BCUT2D eigenvalue weighted by molar-refractivity contribution is 7.79. The summed E-state index contributed by atoms with van der Waals surface area (Å²) in [6, 6.07) is 0. The van der Waals surface area contributed by atoms with E-state index in [2.05, 4.69) is 36.3 Å². The van der Waals surface area contributed by atoms with Gasteiger partial charge >= 0.3 is 10.4 Å². The van der Waals surface area contributed by atoms with Crippen molar-refractivity contribution >= 4 is 10.4 Å². The normalized spacial score (nSPS) is 13.6. The fourth-order valence-electron chi connectivity index (χ4n) is 2.83. The largest absolute Gasteiger partial charge is 0.394 e. The zero-order valence-corrected chi connectivity index (χ0v) is 16.6. The van der Waals surface area contributed by atoms with Gasteiger partial charge in [0.15, 0.2) is 0 Å². The fourth-order valence-corrected chi connectivity index (χ4v) is 2.83. The minimum Gasteiger partial charge on any atom is -0.374 e. The maximum atomic E-state index is 8.74. The first-order valence-electron chi connectivity index (χ1n) is 9.70. The van der Waals surface area contributed by atoms with Crippen molar-refractivity contribution in [3.05, 3.63) is 24.4 Å². The number of hydrogen-bond acceptors (Lipinski definition) is 3. The Morgan fingerprint density at radius 2 is 1.24 bits per heavy atom. The maximum absolute atomic E-state index is 8.74. The van der Waals surface area contributed by atoms with Crippen LogP contribution in [0, 0.1) is 0 Å². The van der Waals surface area contributed by atoms with Crippen LogP contribution in [0.2, 0.25) is 0 Å². The third-order valence-corrected chi connectivity index (χ3v) is 4.18. The van der Waals surface area contributed by atoms with E-state index in [1.54, 1.807) is 0 Å². The number of unbranched alkanes of at least 4 members (excludes halogenated alkanes) is 11. The molecule has 0 unspecified atom stereocenters. The molecule has 1 rings (SSSR count). The van der Waals surface area contributed by atoms with Crippen LogP contribution in [-0.2, 0) is 10.4 Å². The highest BCUT2D eigenvalue weighted by Crippen LogP contribution is 2.12. The van der Waals surface area contributed by atoms with E-state index < -0.39 is 10.4 Å². The SMILES string of the molecule is CCCCCCCCCCCCCCN1C=CC=CC1.O=S(=O)(O)O. The molecule has 0 aromatic rings. The number of allylic oxidation sites excluding steroid dienone is 2. The minimum absolute atomic E-state index is 1.11. The van der Waals surface area contributed by atoms with Gasteiger partial charge in [-0.15, -0.1) is 0 Å². The van der Waals surface area contributed by atoms with E-state index in [1.807, 2.05) is 0 Å². The predicted octanol–water partition coefficient (Wildman–Crippen LogP) is 5.42. The number of nitrogens with zero attached hydrogens (tertiary/aromatic N) is 1. The Morgan fingerprint density at radius 3 is 1.64 bits per heavy atom. The van der Waals surface area contributed by atoms with Crippen LogP contribution in [0.25, 0.3) is 0 Å². The van der Waals surface area contributed by atoms with Crippen molar-refractivity contribution in [1.29, 1.82) is 0 Å². The molecular weight excluding hydrogens is 338 g/mol. The molecule has 0 aliphatic carbocycles. The molecule has 5 nitrogen and oxygen atoms in total. The lowest BCUT2D eigenvalue weighted by molar-refractivity contribution is 0.381. The lowest BCUT2D eigenvalue weighted by atomic mass is 10.1. The van der Waals surface area contributed by atoms with Crippen molar-refractivity contribution in [3.8, 4) is 0 Å². The molecule has 0 bridgehead atoms. The van der Waals surface area contributed by atoms with Gasteiger partial charge in [-0.2, -0.15) is 8.42 Å². The van der Waals surface area contributed by atoms with Gasteiger partial charge in [0.25, 0.3) is 0 Å². The standard InChI is InChI=1S/C19H35N.H2O4S/c1-2-3-4-5-6-7-8-9-10-11-12-14-17-20-18-15-13-16-19-20;1-5(2,3)4/h13,15-16,18H,2-12,14,17,19H2,1H3;(H2,1,2,3,4). The van der Waals surface area contributed by atoms with E-state index in [0.29, 0.717) is 0 Å². The minimum atomic E-state index is -4.67. The van der Waals surface area contributed by atoms with Crippen molar-refractivity contribution in [2.45, 2.75) is 84.0 Å². The van der Waals surface area contributed by atoms with Crippen molar-refractivity contribution in [2.75, 3.05) is 13.1 Å². The summed E-state index contributed by atoms with van der Waals surface area (Å²) in [6.45, 7) is 4.63. The first-order chi connectivity index (χ1) is 11.9. The van der Waals surface area contributed by atoms with Gasteiger partial charge in [-0.25, -0.2) is 0 Å². The lowest BCUT2D eigenvalue weighted by Crippen LogP contribution is -2.19. The van der Waals surface area contributed by atoms with E-state index in [1.165, 1.54) is 83.6 Å². The number of rotatable bonds is 13. The lowest BCUT2D eigenvalue weighted by Gasteiger charge is -2.20. The van der Waals surface area contributed by atoms with Gasteiger partial charge in [0.1, 0.15) is 0 Å². The summed E-state index contributed by atoms with van der Waals surface area (Å²) in [5, 5.41) is 0. The van der Waals surface area contributed by atoms with Crippen molar-refractivity contribution in [2.24, 2.45) is 0 Å². The van der Waals surface area contributed by atoms with Crippen molar-refractivity contribution in [3.63, 3.8) is 0 Å². The molecule has 0 radical (unpaired) electrons. The average Bonchev–Trinajstić information content (AvgIpc) is 2.55. The third kappa shape index (κ3) is 23.1. The quantitative estimate of drug-likeness (QED) is 0.332. The van der Waals surface area contributed by atoms with Crippen LogP contribution in [0.5, 0.6) is 0 Å². The number of hydrogen-bond donors (Lipinski definition) is 2. The second-order valence-electron chi connectivity index (χ2n) is 6.60. The van der Waals surface area contributed by atoms with Crippen LogP contribution in [-0.4, -0.2) is 35.5 Å². The van der Waals surface area contributed by atoms with Gasteiger partial charge in [-0.3, -0.25) is 9.11 Å². The molecule has 148 valence electrons. The van der Waals surface area contributed by atoms with Crippen molar-refractivity contribution in [1.82, 2.24) is 4.90 Å². The molecule has 2 N–H and O–H groups in total. The summed E-state index contributed by atoms with van der Waals surface area (Å²) in [4.78, 5) is 2.41. The Hall–Kier alpha value is -0.850. The molecular formula is C19H37NO4S. The maximum Gasteiger partial charge on any atom is 0.394 e. The van der Waals surface area contributed by atoms with E-state index in [-0.39, 0.29) is 0 Å². The summed E-state index contributed by atoms with van der Waals surface area (Å²) in [5.41, 5.74) is 0.